The molecular weight excluding hydrogens is 581 g/mol. The molecule has 4 rings (SSSR count). The number of nitrogens with one attached hydrogen (secondary N) is 3. The van der Waals surface area contributed by atoms with Gasteiger partial charge < -0.3 is 30.1 Å². The predicted octanol–water partition coefficient (Wildman–Crippen LogP) is 3.93. The van der Waals surface area contributed by atoms with Gasteiger partial charge in [0.05, 0.1) is 25.3 Å². The van der Waals surface area contributed by atoms with Gasteiger partial charge in [-0.05, 0) is 43.7 Å². The smallest absolute Gasteiger partial charge is 0.469 e. The van der Waals surface area contributed by atoms with Crippen LogP contribution in [0.3, 0.4) is 0 Å². The minimum Gasteiger partial charge on any atom is -0.493 e. The van der Waals surface area contributed by atoms with E-state index in [-0.39, 0.29) is 17.9 Å². The zero-order chi connectivity index (χ0) is 29.8. The summed E-state index contributed by atoms with van der Waals surface area (Å²) >= 11 is 1.56. The van der Waals surface area contributed by atoms with Crippen molar-refractivity contribution >= 4 is 53.2 Å². The standard InChI is InChI=1S/C27H36N7O6PS/c1-2-34(14-16-40-41(36,37)38)13-6-15-39-21-9-10-23-24(17-21)30-19-31-25(23)28-12-11-22-18-29-27(42-22)33-26(35)32-20-7-4-3-5-8-20/h3-5,7-10,17,19,22H,2,6,11-16,18H2,1H3,(H,28,30,31)(H2,36,37,38)(H2,29,32,33,35). The van der Waals surface area contributed by atoms with Crippen molar-refractivity contribution in [3.05, 3.63) is 54.9 Å². The predicted molar refractivity (Wildman–Crippen MR) is 165 cm³/mol. The Morgan fingerprint density at radius 3 is 2.74 bits per heavy atom. The van der Waals surface area contributed by atoms with Crippen LogP contribution in [0.15, 0.2) is 59.9 Å². The van der Waals surface area contributed by atoms with Crippen molar-refractivity contribution in [3.8, 4) is 5.75 Å². The average Bonchev–Trinajstić information content (AvgIpc) is 3.40. The van der Waals surface area contributed by atoms with Gasteiger partial charge in [-0.3, -0.25) is 14.8 Å². The lowest BCUT2D eigenvalue weighted by Crippen LogP contribution is -2.32. The first-order valence-electron chi connectivity index (χ1n) is 13.7. The summed E-state index contributed by atoms with van der Waals surface area (Å²) in [5.74, 6) is 1.45. The highest BCUT2D eigenvalue weighted by Crippen LogP contribution is 2.35. The molecule has 2 amide bonds. The van der Waals surface area contributed by atoms with E-state index in [1.165, 1.54) is 6.33 Å². The fourth-order valence-corrected chi connectivity index (χ4v) is 5.55. The van der Waals surface area contributed by atoms with Gasteiger partial charge in [0.1, 0.15) is 17.9 Å². The summed E-state index contributed by atoms with van der Waals surface area (Å²) in [6, 6.07) is 14.7. The molecule has 0 fully saturated rings. The summed E-state index contributed by atoms with van der Waals surface area (Å²) in [5.41, 5.74) is 1.49. The Balaban J connectivity index is 1.17. The topological polar surface area (TPSA) is 171 Å². The van der Waals surface area contributed by atoms with E-state index in [4.69, 9.17) is 14.5 Å². The van der Waals surface area contributed by atoms with Gasteiger partial charge in [-0.2, -0.15) is 0 Å². The fraction of sp³-hybridized carbons (Fsp3) is 0.407. The van der Waals surface area contributed by atoms with Crippen molar-refractivity contribution in [3.63, 3.8) is 0 Å². The number of fused-ring (bicyclic) bond motifs is 1. The molecule has 1 unspecified atom stereocenters. The number of aliphatic imine (C=N–C) groups is 1. The van der Waals surface area contributed by atoms with E-state index < -0.39 is 7.82 Å². The maximum atomic E-state index is 12.2. The Kier molecular flexibility index (Phi) is 11.9. The number of hydrogen-bond donors (Lipinski definition) is 5. The number of amides is 2. The number of hydrogen-bond acceptors (Lipinski definition) is 10. The summed E-state index contributed by atoms with van der Waals surface area (Å²) in [5, 5.41) is 10.8. The molecule has 15 heteroatoms. The number of amidine groups is 1. The number of phosphoric ester groups is 1. The van der Waals surface area contributed by atoms with Crippen LogP contribution in [-0.4, -0.2) is 87.0 Å². The molecule has 5 N–H and O–H groups in total. The van der Waals surface area contributed by atoms with Gasteiger partial charge in [0.2, 0.25) is 0 Å². The summed E-state index contributed by atoms with van der Waals surface area (Å²) in [7, 11) is -4.44. The van der Waals surface area contributed by atoms with E-state index in [0.29, 0.717) is 43.7 Å². The van der Waals surface area contributed by atoms with Crippen LogP contribution in [0, 0.1) is 0 Å². The third kappa shape index (κ3) is 10.5. The van der Waals surface area contributed by atoms with Gasteiger partial charge in [-0.15, -0.1) is 0 Å². The van der Waals surface area contributed by atoms with Gasteiger partial charge >= 0.3 is 13.9 Å². The number of benzene rings is 2. The highest BCUT2D eigenvalue weighted by Gasteiger charge is 2.21. The van der Waals surface area contributed by atoms with Gasteiger partial charge in [0.15, 0.2) is 5.17 Å². The molecule has 0 spiro atoms. The van der Waals surface area contributed by atoms with E-state index in [1.54, 1.807) is 11.8 Å². The lowest BCUT2D eigenvalue weighted by molar-refractivity contribution is 0.159. The molecule has 2 heterocycles. The zero-order valence-corrected chi connectivity index (χ0v) is 25.0. The summed E-state index contributed by atoms with van der Waals surface area (Å²) in [4.78, 5) is 45.1. The highest BCUT2D eigenvalue weighted by molar-refractivity contribution is 8.14. The van der Waals surface area contributed by atoms with Crippen LogP contribution in [0.5, 0.6) is 5.75 Å². The molecule has 42 heavy (non-hydrogen) atoms. The number of ether oxygens (including phenoxy) is 1. The van der Waals surface area contributed by atoms with Gasteiger partial charge in [-0.25, -0.2) is 19.3 Å². The number of rotatable bonds is 15. The Morgan fingerprint density at radius 2 is 1.95 bits per heavy atom. The van der Waals surface area contributed by atoms with E-state index >= 15 is 0 Å². The lowest BCUT2D eigenvalue weighted by atomic mass is 10.2. The van der Waals surface area contributed by atoms with Crippen LogP contribution in [0.25, 0.3) is 10.9 Å². The van der Waals surface area contributed by atoms with Crippen LogP contribution < -0.4 is 20.7 Å². The third-order valence-electron chi connectivity index (χ3n) is 6.34. The second-order valence-corrected chi connectivity index (χ2v) is 11.9. The zero-order valence-electron chi connectivity index (χ0n) is 23.3. The molecular formula is C27H36N7O6PS. The number of carbonyl (C=O) groups is 1. The Labute approximate surface area is 248 Å². The Bertz CT molecular complexity index is 1390. The molecule has 1 aromatic heterocycles. The number of likely N-dealkylation sites (N-methyl/N-ethyl adjacent to an activating group) is 1. The number of urea groups is 1. The molecule has 2 aromatic carbocycles. The SMILES string of the molecule is CCN(CCCOc1ccc2c(NCCC3CN=C(NC(=O)Nc4ccccc4)S3)ncnc2c1)CCOP(=O)(O)O. The van der Waals surface area contributed by atoms with Crippen molar-refractivity contribution in [1.82, 2.24) is 20.2 Å². The summed E-state index contributed by atoms with van der Waals surface area (Å²) in [6.45, 7) is 5.65. The largest absolute Gasteiger partial charge is 0.493 e. The molecule has 0 saturated carbocycles. The lowest BCUT2D eigenvalue weighted by Gasteiger charge is -2.20. The Morgan fingerprint density at radius 1 is 1.12 bits per heavy atom. The second-order valence-electron chi connectivity index (χ2n) is 9.41. The van der Waals surface area contributed by atoms with Crippen molar-refractivity contribution in [2.45, 2.75) is 25.0 Å². The van der Waals surface area contributed by atoms with Crippen molar-refractivity contribution in [2.75, 3.05) is 56.6 Å². The molecule has 13 nitrogen and oxygen atoms in total. The van der Waals surface area contributed by atoms with E-state index in [1.807, 2.05) is 60.4 Å². The quantitative estimate of drug-likeness (QED) is 0.124. The normalized spacial score (nSPS) is 15.0. The van der Waals surface area contributed by atoms with Crippen LogP contribution in [-0.2, 0) is 9.09 Å². The monoisotopic (exact) mass is 617 g/mol. The van der Waals surface area contributed by atoms with E-state index in [9.17, 15) is 9.36 Å². The number of carbonyl (C=O) groups excluding carboxylic acids is 1. The number of phosphoric acid groups is 1. The first-order chi connectivity index (χ1) is 20.3. The first-order valence-corrected chi connectivity index (χ1v) is 16.1. The molecule has 1 aliphatic rings. The first kappa shape index (κ1) is 31.7. The summed E-state index contributed by atoms with van der Waals surface area (Å²) < 4.78 is 21.3. The molecule has 0 radical (unpaired) electrons. The number of aromatic nitrogens is 2. The Hall–Kier alpha value is -3.26. The van der Waals surface area contributed by atoms with Crippen LogP contribution in [0.2, 0.25) is 0 Å². The third-order valence-corrected chi connectivity index (χ3v) is 8.03. The highest BCUT2D eigenvalue weighted by atomic mass is 32.2. The van der Waals surface area contributed by atoms with Crippen LogP contribution in [0.4, 0.5) is 16.3 Å². The van der Waals surface area contributed by atoms with Crippen LogP contribution >= 0.6 is 19.6 Å². The second kappa shape index (κ2) is 15.8. The van der Waals surface area contributed by atoms with E-state index in [0.717, 1.165) is 41.8 Å². The molecule has 1 atom stereocenters. The number of anilines is 2. The minimum absolute atomic E-state index is 0.0286. The van der Waals surface area contributed by atoms with Crippen molar-refractivity contribution in [2.24, 2.45) is 4.99 Å². The molecule has 0 aliphatic carbocycles. The van der Waals surface area contributed by atoms with Gasteiger partial charge in [0, 0.05) is 42.0 Å². The fourth-order valence-electron chi connectivity index (χ4n) is 4.23. The number of nitrogens with zero attached hydrogens (tertiary/aromatic N) is 4. The van der Waals surface area contributed by atoms with Gasteiger partial charge in [-0.1, -0.05) is 36.9 Å². The van der Waals surface area contributed by atoms with E-state index in [2.05, 4.69) is 35.4 Å². The van der Waals surface area contributed by atoms with Crippen LogP contribution in [0.1, 0.15) is 19.8 Å². The molecule has 0 bridgehead atoms. The molecule has 1 aliphatic heterocycles. The van der Waals surface area contributed by atoms with Crippen molar-refractivity contribution < 1.29 is 28.4 Å². The maximum Gasteiger partial charge on any atom is 0.469 e. The molecule has 0 saturated heterocycles. The number of thioether (sulfide) groups is 1. The van der Waals surface area contributed by atoms with Gasteiger partial charge in [0.25, 0.3) is 0 Å². The number of para-hydroxylation sites is 1. The molecule has 226 valence electrons. The maximum absolute atomic E-state index is 12.2. The van der Waals surface area contributed by atoms with Crippen molar-refractivity contribution in [1.29, 1.82) is 0 Å². The summed E-state index contributed by atoms with van der Waals surface area (Å²) in [6.07, 6.45) is 3.11. The average molecular weight is 618 g/mol. The minimum atomic E-state index is -4.44. The molecule has 3 aromatic rings.